The van der Waals surface area contributed by atoms with E-state index in [0.717, 1.165) is 0 Å². The maximum absolute atomic E-state index is 4.86. The first kappa shape index (κ1) is 13.4. The van der Waals surface area contributed by atoms with Crippen molar-refractivity contribution in [2.45, 2.75) is 0 Å². The highest BCUT2D eigenvalue weighted by molar-refractivity contribution is 6.53. The van der Waals surface area contributed by atoms with Crippen LogP contribution in [0.2, 0.25) is 0 Å². The highest BCUT2D eigenvalue weighted by Gasteiger charge is 2.40. The van der Waals surface area contributed by atoms with Crippen molar-refractivity contribution >= 4 is 9.05 Å². The Hall–Kier alpha value is -0.203. The van der Waals surface area contributed by atoms with Crippen LogP contribution in [0.5, 0.6) is 0 Å². The summed E-state index contributed by atoms with van der Waals surface area (Å²) in [4.78, 5) is 0. The van der Waals surface area contributed by atoms with Gasteiger partial charge < -0.3 is 17.7 Å². The molecule has 11 heavy (non-hydrogen) atoms. The van der Waals surface area contributed by atoms with E-state index in [9.17, 15) is 0 Å². The highest BCUT2D eigenvalue weighted by atomic mass is 28.4. The summed E-state index contributed by atoms with van der Waals surface area (Å²) in [5.74, 6) is 0. The molecule has 0 amide bonds. The summed E-state index contributed by atoms with van der Waals surface area (Å²) >= 11 is 0. The second kappa shape index (κ2) is 7.90. The lowest BCUT2D eigenvalue weighted by atomic mass is 11.3. The topological polar surface area (TPSA) is 36.9 Å². The molecular formula is C6H16O4Si. The average molecular weight is 180 g/mol. The summed E-state index contributed by atoms with van der Waals surface area (Å²) < 4.78 is 19.4. The van der Waals surface area contributed by atoms with Crippen molar-refractivity contribution in [3.63, 3.8) is 0 Å². The smallest absolute Gasteiger partial charge is 0.355 e. The Morgan fingerprint density at radius 2 is 0.909 bits per heavy atom. The van der Waals surface area contributed by atoms with Crippen molar-refractivity contribution in [1.29, 1.82) is 0 Å². The lowest BCUT2D eigenvalue weighted by Gasteiger charge is -2.19. The summed E-state index contributed by atoms with van der Waals surface area (Å²) in [6.07, 6.45) is 0. The van der Waals surface area contributed by atoms with Crippen LogP contribution in [-0.4, -0.2) is 37.5 Å². The first-order valence-corrected chi connectivity index (χ1v) is 4.58. The predicted molar refractivity (Wildman–Crippen MR) is 45.0 cm³/mol. The Kier molecular flexibility index (Phi) is 9.62. The lowest BCUT2D eigenvalue weighted by molar-refractivity contribution is 0.0226. The minimum Gasteiger partial charge on any atom is -0.355 e. The zero-order chi connectivity index (χ0) is 9.33. The summed E-state index contributed by atoms with van der Waals surface area (Å²) in [5, 5.41) is 0. The molecule has 0 saturated carbocycles. The average Bonchev–Trinajstić information content (AvgIpc) is 2.13. The number of rotatable bonds is 4. The van der Waals surface area contributed by atoms with E-state index in [1.165, 1.54) is 28.4 Å². The Balaban J connectivity index is 0. The van der Waals surface area contributed by atoms with Crippen LogP contribution in [0.1, 0.15) is 0 Å². The van der Waals surface area contributed by atoms with E-state index < -0.39 is 9.05 Å². The molecule has 0 aliphatic carbocycles. The van der Waals surface area contributed by atoms with E-state index in [0.29, 0.717) is 0 Å². The van der Waals surface area contributed by atoms with Crippen molar-refractivity contribution in [1.82, 2.24) is 0 Å². The van der Waals surface area contributed by atoms with Gasteiger partial charge in [0.15, 0.2) is 0 Å². The molecule has 68 valence electrons. The number of hydrogen-bond acceptors (Lipinski definition) is 4. The van der Waals surface area contributed by atoms with E-state index in [2.05, 4.69) is 13.2 Å². The molecule has 0 rings (SSSR count). The summed E-state index contributed by atoms with van der Waals surface area (Å²) in [5.41, 5.74) is 0. The summed E-state index contributed by atoms with van der Waals surface area (Å²) in [6, 6.07) is 0. The third-order valence-electron chi connectivity index (χ3n) is 1.00. The van der Waals surface area contributed by atoms with Gasteiger partial charge in [0.1, 0.15) is 0 Å². The summed E-state index contributed by atoms with van der Waals surface area (Å²) in [7, 11) is 3.26. The van der Waals surface area contributed by atoms with Gasteiger partial charge in [-0.25, -0.2) is 0 Å². The second-order valence-corrected chi connectivity index (χ2v) is 3.95. The zero-order valence-corrected chi connectivity index (χ0v) is 8.55. The summed E-state index contributed by atoms with van der Waals surface area (Å²) in [6.45, 7) is 6.00. The molecule has 0 N–H and O–H groups in total. The molecule has 0 atom stereocenters. The van der Waals surface area contributed by atoms with Crippen LogP contribution >= 0.6 is 0 Å². The molecule has 0 bridgehead atoms. The molecule has 4 nitrogen and oxygen atoms in total. The molecule has 5 heteroatoms. The molecule has 0 spiro atoms. The minimum absolute atomic E-state index is 1.49. The van der Waals surface area contributed by atoms with Gasteiger partial charge in [-0.3, -0.25) is 0 Å². The fourth-order valence-corrected chi connectivity index (χ4v) is 1.50. The molecule has 0 heterocycles. The van der Waals surface area contributed by atoms with Gasteiger partial charge in [0.2, 0.25) is 0 Å². The third kappa shape index (κ3) is 4.28. The fourth-order valence-electron chi connectivity index (χ4n) is 0.500. The van der Waals surface area contributed by atoms with Crippen LogP contribution in [-0.2, 0) is 17.7 Å². The van der Waals surface area contributed by atoms with Crippen LogP contribution in [0.25, 0.3) is 0 Å². The van der Waals surface area contributed by atoms with Gasteiger partial charge in [0.25, 0.3) is 0 Å². The van der Waals surface area contributed by atoms with Gasteiger partial charge >= 0.3 is 9.05 Å². The molecule has 0 radical (unpaired) electrons. The largest absolute Gasteiger partial charge is 0.678 e. The second-order valence-electron chi connectivity index (χ2n) is 1.32. The van der Waals surface area contributed by atoms with Gasteiger partial charge in [-0.15, -0.1) is 13.2 Å². The molecule has 0 aliphatic rings. The molecule has 0 aliphatic heterocycles. The maximum Gasteiger partial charge on any atom is 0.678 e. The van der Waals surface area contributed by atoms with Gasteiger partial charge in [-0.05, 0) is 0 Å². The van der Waals surface area contributed by atoms with Crippen LogP contribution < -0.4 is 0 Å². The van der Waals surface area contributed by atoms with Crippen molar-refractivity contribution in [2.75, 3.05) is 28.4 Å². The lowest BCUT2D eigenvalue weighted by Crippen LogP contribution is -2.45. The van der Waals surface area contributed by atoms with Crippen molar-refractivity contribution in [3.05, 3.63) is 13.2 Å². The Labute approximate surface area is 69.2 Å². The van der Waals surface area contributed by atoms with Gasteiger partial charge in [-0.2, -0.15) is 0 Å². The third-order valence-corrected chi connectivity index (χ3v) is 3.00. The van der Waals surface area contributed by atoms with Crippen molar-refractivity contribution in [2.24, 2.45) is 0 Å². The molecule has 0 aromatic carbocycles. The highest BCUT2D eigenvalue weighted by Crippen LogP contribution is 2.04. The monoisotopic (exact) mass is 180 g/mol. The Morgan fingerprint density at radius 3 is 0.909 bits per heavy atom. The number of hydrogen-bond donors (Lipinski definition) is 0. The quantitative estimate of drug-likeness (QED) is 0.474. The van der Waals surface area contributed by atoms with Crippen LogP contribution in [0.15, 0.2) is 13.2 Å². The van der Waals surface area contributed by atoms with E-state index in [-0.39, 0.29) is 0 Å². The van der Waals surface area contributed by atoms with Crippen LogP contribution in [0.3, 0.4) is 0 Å². The van der Waals surface area contributed by atoms with E-state index >= 15 is 0 Å². The standard InChI is InChI=1S/C4H12O4Si.C2H4/c1-5-9(6-2,7-3)8-4;1-2/h1-4H3;1-2H2. The maximum atomic E-state index is 4.86. The molecule has 0 fully saturated rings. The van der Waals surface area contributed by atoms with Gasteiger partial charge in [-0.1, -0.05) is 0 Å². The zero-order valence-electron chi connectivity index (χ0n) is 7.55. The van der Waals surface area contributed by atoms with Gasteiger partial charge in [0.05, 0.1) is 0 Å². The molecular weight excluding hydrogens is 164 g/mol. The van der Waals surface area contributed by atoms with Crippen LogP contribution in [0.4, 0.5) is 0 Å². The first-order valence-electron chi connectivity index (χ1n) is 2.95. The molecule has 0 aromatic rings. The Bertz CT molecular complexity index is 67.1. The molecule has 0 aromatic heterocycles. The SMILES string of the molecule is C=C.CO[Si](OC)(OC)OC. The fraction of sp³-hybridized carbons (Fsp3) is 0.667. The van der Waals surface area contributed by atoms with Crippen molar-refractivity contribution in [3.8, 4) is 0 Å². The minimum atomic E-state index is -2.69. The van der Waals surface area contributed by atoms with Gasteiger partial charge in [0, 0.05) is 28.4 Å². The first-order chi connectivity index (χ1) is 5.24. The predicted octanol–water partition coefficient (Wildman–Crippen LogP) is 0.810. The molecule has 0 saturated heterocycles. The normalized spacial score (nSPS) is 10.2. The van der Waals surface area contributed by atoms with E-state index in [1.54, 1.807) is 0 Å². The van der Waals surface area contributed by atoms with Crippen LogP contribution in [0, 0.1) is 0 Å². The van der Waals surface area contributed by atoms with E-state index in [1.807, 2.05) is 0 Å². The Morgan fingerprint density at radius 1 is 0.727 bits per heavy atom. The van der Waals surface area contributed by atoms with E-state index in [4.69, 9.17) is 17.7 Å². The van der Waals surface area contributed by atoms with Crippen molar-refractivity contribution < 1.29 is 17.7 Å². The molecule has 0 unspecified atom stereocenters.